The van der Waals surface area contributed by atoms with Gasteiger partial charge in [-0.1, -0.05) is 48.2 Å². The number of morpholine rings is 1. The lowest BCUT2D eigenvalue weighted by molar-refractivity contribution is -0.118. The number of amides is 1. The maximum absolute atomic E-state index is 13.7. The van der Waals surface area contributed by atoms with Crippen LogP contribution in [0.25, 0.3) is 5.69 Å². The van der Waals surface area contributed by atoms with Crippen molar-refractivity contribution in [2.45, 2.75) is 11.7 Å². The van der Waals surface area contributed by atoms with Gasteiger partial charge in [-0.3, -0.25) is 9.36 Å². The molecule has 2 heterocycles. The van der Waals surface area contributed by atoms with Crippen molar-refractivity contribution in [1.82, 2.24) is 20.1 Å². The van der Waals surface area contributed by atoms with Crippen LogP contribution in [0.3, 0.4) is 0 Å². The first-order valence-electron chi connectivity index (χ1n) is 9.69. The molecule has 7 nitrogen and oxygen atoms in total. The van der Waals surface area contributed by atoms with Gasteiger partial charge in [-0.05, 0) is 18.2 Å². The van der Waals surface area contributed by atoms with Gasteiger partial charge in [0.05, 0.1) is 24.7 Å². The molecule has 1 saturated heterocycles. The molecule has 0 unspecified atom stereocenters. The Kier molecular flexibility index (Phi) is 6.60. The van der Waals surface area contributed by atoms with Gasteiger partial charge in [0.1, 0.15) is 5.82 Å². The predicted molar refractivity (Wildman–Crippen MR) is 113 cm³/mol. The number of carbonyl (C=O) groups excluding carboxylic acids is 1. The molecule has 0 radical (unpaired) electrons. The first-order chi connectivity index (χ1) is 14.7. The number of ether oxygens (including phenoxy) is 1. The highest BCUT2D eigenvalue weighted by Gasteiger charge is 2.22. The molecule has 9 heteroatoms. The van der Waals surface area contributed by atoms with E-state index in [4.69, 9.17) is 4.74 Å². The summed E-state index contributed by atoms with van der Waals surface area (Å²) >= 11 is 1.30. The summed E-state index contributed by atoms with van der Waals surface area (Å²) in [5.41, 5.74) is 1.39. The standard InChI is InChI=1S/C21H22FN5O2S/c22-18-9-5-4-6-16(18)14-23-19(28)15-30-21-25-24-20(26-10-12-29-13-11-26)27(21)17-7-2-1-3-8-17/h1-9H,10-15H2,(H,23,28). The molecule has 0 saturated carbocycles. The van der Waals surface area contributed by atoms with Crippen LogP contribution in [0.1, 0.15) is 5.56 Å². The number of thioether (sulfide) groups is 1. The molecule has 1 aromatic heterocycles. The van der Waals surface area contributed by atoms with E-state index in [1.807, 2.05) is 34.9 Å². The summed E-state index contributed by atoms with van der Waals surface area (Å²) in [5.74, 6) is 0.365. The van der Waals surface area contributed by atoms with Crippen LogP contribution in [-0.4, -0.2) is 52.7 Å². The summed E-state index contributed by atoms with van der Waals surface area (Å²) in [6, 6.07) is 16.2. The Balaban J connectivity index is 1.46. The second-order valence-electron chi connectivity index (χ2n) is 6.71. The summed E-state index contributed by atoms with van der Waals surface area (Å²) in [6.07, 6.45) is 0. The van der Waals surface area contributed by atoms with Gasteiger partial charge >= 0.3 is 0 Å². The van der Waals surface area contributed by atoms with Crippen molar-refractivity contribution >= 4 is 23.6 Å². The van der Waals surface area contributed by atoms with E-state index < -0.39 is 0 Å². The van der Waals surface area contributed by atoms with Crippen LogP contribution in [0, 0.1) is 5.82 Å². The number of carbonyl (C=O) groups is 1. The highest BCUT2D eigenvalue weighted by molar-refractivity contribution is 7.99. The number of nitrogens with one attached hydrogen (secondary N) is 1. The minimum absolute atomic E-state index is 0.149. The zero-order valence-corrected chi connectivity index (χ0v) is 17.1. The average Bonchev–Trinajstić information content (AvgIpc) is 3.22. The molecule has 3 aromatic rings. The number of hydrogen-bond acceptors (Lipinski definition) is 6. The maximum Gasteiger partial charge on any atom is 0.232 e. The van der Waals surface area contributed by atoms with Crippen LogP contribution in [0.4, 0.5) is 10.3 Å². The molecular weight excluding hydrogens is 405 g/mol. The zero-order valence-electron chi connectivity index (χ0n) is 16.3. The smallest absolute Gasteiger partial charge is 0.232 e. The second kappa shape index (κ2) is 9.73. The second-order valence-corrected chi connectivity index (χ2v) is 7.65. The minimum Gasteiger partial charge on any atom is -0.378 e. The summed E-state index contributed by atoms with van der Waals surface area (Å²) < 4.78 is 21.1. The van der Waals surface area contributed by atoms with Crippen LogP contribution < -0.4 is 10.2 Å². The Hall–Kier alpha value is -2.91. The highest BCUT2D eigenvalue weighted by Crippen LogP contribution is 2.27. The van der Waals surface area contributed by atoms with Gasteiger partial charge in [-0.15, -0.1) is 10.2 Å². The fourth-order valence-electron chi connectivity index (χ4n) is 3.14. The summed E-state index contributed by atoms with van der Waals surface area (Å²) in [4.78, 5) is 14.4. The van der Waals surface area contributed by atoms with Crippen molar-refractivity contribution < 1.29 is 13.9 Å². The van der Waals surface area contributed by atoms with Gasteiger partial charge in [0.2, 0.25) is 11.9 Å². The third-order valence-electron chi connectivity index (χ3n) is 4.69. The number of rotatable bonds is 7. The van der Waals surface area contributed by atoms with Crippen LogP contribution >= 0.6 is 11.8 Å². The van der Waals surface area contributed by atoms with Gasteiger partial charge in [-0.25, -0.2) is 4.39 Å². The van der Waals surface area contributed by atoms with Gasteiger partial charge in [0.25, 0.3) is 0 Å². The molecule has 0 spiro atoms. The van der Waals surface area contributed by atoms with Crippen molar-refractivity contribution in [1.29, 1.82) is 0 Å². The fraction of sp³-hybridized carbons (Fsp3) is 0.286. The quantitative estimate of drug-likeness (QED) is 0.585. The predicted octanol–water partition coefficient (Wildman–Crippen LogP) is 2.65. The summed E-state index contributed by atoms with van der Waals surface area (Å²) in [6.45, 7) is 2.90. The zero-order chi connectivity index (χ0) is 20.8. The topological polar surface area (TPSA) is 72.3 Å². The van der Waals surface area contributed by atoms with Gasteiger partial charge in [0.15, 0.2) is 5.16 Å². The minimum atomic E-state index is -0.329. The first kappa shape index (κ1) is 20.4. The van der Waals surface area contributed by atoms with E-state index in [9.17, 15) is 9.18 Å². The Bertz CT molecular complexity index is 992. The normalized spacial score (nSPS) is 14.0. The number of hydrogen-bond donors (Lipinski definition) is 1. The van der Waals surface area contributed by atoms with Crippen molar-refractivity contribution in [2.75, 3.05) is 37.0 Å². The Labute approximate surface area is 178 Å². The van der Waals surface area contributed by atoms with E-state index in [-0.39, 0.29) is 24.0 Å². The number of nitrogens with zero attached hydrogens (tertiary/aromatic N) is 4. The molecule has 1 aliphatic rings. The lowest BCUT2D eigenvalue weighted by Crippen LogP contribution is -2.37. The fourth-order valence-corrected chi connectivity index (χ4v) is 3.92. The van der Waals surface area contributed by atoms with Crippen molar-refractivity contribution in [2.24, 2.45) is 0 Å². The van der Waals surface area contributed by atoms with Crippen LogP contribution in [0.15, 0.2) is 59.8 Å². The van der Waals surface area contributed by atoms with E-state index in [1.165, 1.54) is 17.8 Å². The Morgan fingerprint density at radius 2 is 1.80 bits per heavy atom. The lowest BCUT2D eigenvalue weighted by atomic mass is 10.2. The van der Waals surface area contributed by atoms with Crippen LogP contribution in [-0.2, 0) is 16.1 Å². The molecule has 156 valence electrons. The maximum atomic E-state index is 13.7. The Morgan fingerprint density at radius 1 is 1.07 bits per heavy atom. The van der Waals surface area contributed by atoms with Crippen molar-refractivity contribution in [3.63, 3.8) is 0 Å². The number of halogens is 1. The number of para-hydroxylation sites is 1. The molecular formula is C21H22FN5O2S. The van der Waals surface area contributed by atoms with E-state index >= 15 is 0 Å². The average molecular weight is 428 g/mol. The molecule has 1 amide bonds. The van der Waals surface area contributed by atoms with E-state index in [0.29, 0.717) is 23.9 Å². The molecule has 1 fully saturated rings. The third-order valence-corrected chi connectivity index (χ3v) is 5.62. The lowest BCUT2D eigenvalue weighted by Gasteiger charge is -2.27. The monoisotopic (exact) mass is 427 g/mol. The number of benzene rings is 2. The van der Waals surface area contributed by atoms with E-state index in [0.717, 1.165) is 24.7 Å². The van der Waals surface area contributed by atoms with Gasteiger partial charge in [0, 0.05) is 25.2 Å². The number of anilines is 1. The molecule has 2 aromatic carbocycles. The molecule has 0 aliphatic carbocycles. The highest BCUT2D eigenvalue weighted by atomic mass is 32.2. The van der Waals surface area contributed by atoms with Crippen LogP contribution in [0.5, 0.6) is 0 Å². The SMILES string of the molecule is O=C(CSc1nnc(N2CCOCC2)n1-c1ccccc1)NCc1ccccc1F. The summed E-state index contributed by atoms with van der Waals surface area (Å²) in [7, 11) is 0. The van der Waals surface area contributed by atoms with Gasteiger partial charge < -0.3 is 15.0 Å². The van der Waals surface area contributed by atoms with Crippen molar-refractivity contribution in [3.8, 4) is 5.69 Å². The first-order valence-corrected chi connectivity index (χ1v) is 10.7. The molecule has 1 N–H and O–H groups in total. The summed E-state index contributed by atoms with van der Waals surface area (Å²) in [5, 5.41) is 12.1. The largest absolute Gasteiger partial charge is 0.378 e. The Morgan fingerprint density at radius 3 is 2.57 bits per heavy atom. The molecule has 0 atom stereocenters. The van der Waals surface area contributed by atoms with Gasteiger partial charge in [-0.2, -0.15) is 0 Å². The molecule has 0 bridgehead atoms. The van der Waals surface area contributed by atoms with E-state index in [1.54, 1.807) is 18.2 Å². The van der Waals surface area contributed by atoms with E-state index in [2.05, 4.69) is 20.4 Å². The third kappa shape index (κ3) is 4.80. The molecule has 30 heavy (non-hydrogen) atoms. The van der Waals surface area contributed by atoms with Crippen molar-refractivity contribution in [3.05, 3.63) is 66.0 Å². The number of aromatic nitrogens is 3. The molecule has 4 rings (SSSR count). The van der Waals surface area contributed by atoms with Crippen LogP contribution in [0.2, 0.25) is 0 Å². The molecule has 1 aliphatic heterocycles.